The van der Waals surface area contributed by atoms with Gasteiger partial charge in [-0.1, -0.05) is 109 Å². The fourth-order valence-electron chi connectivity index (χ4n) is 4.49. The minimum Gasteiger partial charge on any atom is -0.457 e. The monoisotopic (exact) mass is 378 g/mol. The van der Waals surface area contributed by atoms with Crippen LogP contribution in [-0.2, 0) is 5.79 Å². The zero-order chi connectivity index (χ0) is 19.7. The molecule has 0 radical (unpaired) electrons. The maximum atomic E-state index is 12.1. The van der Waals surface area contributed by atoms with E-state index >= 15 is 0 Å². The van der Waals surface area contributed by atoms with Crippen LogP contribution in [-0.4, -0.2) is 5.11 Å². The molecule has 2 heteroatoms. The Morgan fingerprint density at radius 1 is 0.586 bits per heavy atom. The first-order chi connectivity index (χ1) is 14.3. The van der Waals surface area contributed by atoms with Gasteiger partial charge in [-0.3, -0.25) is 0 Å². The highest BCUT2D eigenvalue weighted by atomic mass is 16.6. The minimum atomic E-state index is -1.49. The molecular weight excluding hydrogens is 356 g/mol. The normalized spacial score (nSPS) is 23.1. The second-order valence-electron chi connectivity index (χ2n) is 7.48. The van der Waals surface area contributed by atoms with Gasteiger partial charge >= 0.3 is 0 Å². The third-order valence-corrected chi connectivity index (χ3v) is 5.78. The number of benzene rings is 4. The van der Waals surface area contributed by atoms with Gasteiger partial charge in [0.05, 0.1) is 5.92 Å². The highest BCUT2D eigenvalue weighted by molar-refractivity contribution is 5.50. The summed E-state index contributed by atoms with van der Waals surface area (Å²) in [5, 5.41) is 12.1. The Bertz CT molecular complexity index is 1090. The van der Waals surface area contributed by atoms with Crippen LogP contribution in [0.4, 0.5) is 0 Å². The molecular formula is C27H22O2. The number of aliphatic hydroxyl groups is 1. The SMILES string of the molecule is O[C@]1(c2ccccc2)Oc2ccccc2[C@H](c2ccccc2)[C@H]1c1ccccc1. The second kappa shape index (κ2) is 7.23. The van der Waals surface area contributed by atoms with Crippen LogP contribution in [0.2, 0.25) is 0 Å². The molecule has 0 aromatic heterocycles. The number of hydrogen-bond donors (Lipinski definition) is 1. The van der Waals surface area contributed by atoms with Gasteiger partial charge in [-0.05, 0) is 17.2 Å². The Hall–Kier alpha value is -3.36. The highest BCUT2D eigenvalue weighted by Gasteiger charge is 2.51. The van der Waals surface area contributed by atoms with Crippen LogP contribution in [0.1, 0.15) is 34.1 Å². The summed E-state index contributed by atoms with van der Waals surface area (Å²) in [7, 11) is 0. The molecule has 0 spiro atoms. The summed E-state index contributed by atoms with van der Waals surface area (Å²) in [6.07, 6.45) is 0. The molecule has 4 aromatic carbocycles. The van der Waals surface area contributed by atoms with E-state index in [2.05, 4.69) is 42.5 Å². The van der Waals surface area contributed by atoms with E-state index in [0.29, 0.717) is 0 Å². The summed E-state index contributed by atoms with van der Waals surface area (Å²) >= 11 is 0. The van der Waals surface area contributed by atoms with E-state index in [1.165, 1.54) is 0 Å². The van der Waals surface area contributed by atoms with Gasteiger partial charge in [0, 0.05) is 17.0 Å². The smallest absolute Gasteiger partial charge is 0.242 e. The molecule has 0 amide bonds. The Morgan fingerprint density at radius 2 is 1.10 bits per heavy atom. The fourth-order valence-corrected chi connectivity index (χ4v) is 4.49. The third-order valence-electron chi connectivity index (χ3n) is 5.78. The first-order valence-corrected chi connectivity index (χ1v) is 9.93. The lowest BCUT2D eigenvalue weighted by molar-refractivity contribution is -0.177. The summed E-state index contributed by atoms with van der Waals surface area (Å²) in [5.74, 6) is -1.12. The standard InChI is InChI=1S/C27H22O2/c28-27(22-16-8-3-9-17-22)26(21-14-6-2-7-15-21)25(20-12-4-1-5-13-20)23-18-10-11-19-24(23)29-27/h1-19,25-26,28H/t25-,26+,27+/m0/s1. The number of ether oxygens (including phenoxy) is 1. The van der Waals surface area contributed by atoms with E-state index in [9.17, 15) is 5.11 Å². The van der Waals surface area contributed by atoms with E-state index in [1.807, 2.05) is 72.8 Å². The van der Waals surface area contributed by atoms with E-state index in [1.54, 1.807) is 0 Å². The average molecular weight is 378 g/mol. The Morgan fingerprint density at radius 3 is 1.76 bits per heavy atom. The van der Waals surface area contributed by atoms with Crippen molar-refractivity contribution in [1.29, 1.82) is 0 Å². The van der Waals surface area contributed by atoms with Crippen LogP contribution in [0.15, 0.2) is 115 Å². The molecule has 5 rings (SSSR count). The van der Waals surface area contributed by atoms with Crippen molar-refractivity contribution < 1.29 is 9.84 Å². The van der Waals surface area contributed by atoms with Gasteiger partial charge in [0.1, 0.15) is 5.75 Å². The lowest BCUT2D eigenvalue weighted by Gasteiger charge is -2.46. The van der Waals surface area contributed by atoms with Crippen LogP contribution < -0.4 is 4.74 Å². The van der Waals surface area contributed by atoms with Crippen LogP contribution in [0.25, 0.3) is 0 Å². The van der Waals surface area contributed by atoms with Gasteiger partial charge in [0.15, 0.2) is 0 Å². The highest BCUT2D eigenvalue weighted by Crippen LogP contribution is 2.55. The quantitative estimate of drug-likeness (QED) is 0.485. The van der Waals surface area contributed by atoms with E-state index < -0.39 is 5.79 Å². The van der Waals surface area contributed by atoms with Crippen LogP contribution >= 0.6 is 0 Å². The van der Waals surface area contributed by atoms with Crippen LogP contribution in [0.5, 0.6) is 5.75 Å². The van der Waals surface area contributed by atoms with Gasteiger partial charge in [0.25, 0.3) is 0 Å². The van der Waals surface area contributed by atoms with Crippen molar-refractivity contribution >= 4 is 0 Å². The van der Waals surface area contributed by atoms with Crippen molar-refractivity contribution in [2.45, 2.75) is 17.6 Å². The molecule has 0 unspecified atom stereocenters. The molecule has 1 heterocycles. The van der Waals surface area contributed by atoms with Crippen molar-refractivity contribution in [3.05, 3.63) is 138 Å². The number of fused-ring (bicyclic) bond motifs is 1. The molecule has 3 atom stereocenters. The number of para-hydroxylation sites is 1. The fraction of sp³-hybridized carbons (Fsp3) is 0.111. The van der Waals surface area contributed by atoms with Gasteiger partial charge in [-0.25, -0.2) is 0 Å². The molecule has 1 aliphatic rings. The average Bonchev–Trinajstić information content (AvgIpc) is 2.80. The topological polar surface area (TPSA) is 29.5 Å². The molecule has 142 valence electrons. The van der Waals surface area contributed by atoms with Crippen LogP contribution in [0.3, 0.4) is 0 Å². The van der Waals surface area contributed by atoms with E-state index in [4.69, 9.17) is 4.74 Å². The molecule has 4 aromatic rings. The lowest BCUT2D eigenvalue weighted by Crippen LogP contribution is -2.45. The molecule has 29 heavy (non-hydrogen) atoms. The molecule has 0 saturated heterocycles. The zero-order valence-electron chi connectivity index (χ0n) is 16.0. The summed E-state index contributed by atoms with van der Waals surface area (Å²) < 4.78 is 6.38. The van der Waals surface area contributed by atoms with Crippen LogP contribution in [0, 0.1) is 0 Å². The van der Waals surface area contributed by atoms with Crippen molar-refractivity contribution in [3.8, 4) is 5.75 Å². The maximum absolute atomic E-state index is 12.1. The van der Waals surface area contributed by atoms with Crippen molar-refractivity contribution in [1.82, 2.24) is 0 Å². The van der Waals surface area contributed by atoms with Crippen molar-refractivity contribution in [2.75, 3.05) is 0 Å². The minimum absolute atomic E-state index is 0.0474. The van der Waals surface area contributed by atoms with Gasteiger partial charge < -0.3 is 9.84 Å². The third kappa shape index (κ3) is 3.02. The Labute approximate surface area is 171 Å². The summed E-state index contributed by atoms with van der Waals surface area (Å²) in [5.41, 5.74) is 4.05. The summed E-state index contributed by atoms with van der Waals surface area (Å²) in [6, 6.07) is 38.3. The van der Waals surface area contributed by atoms with Crippen molar-refractivity contribution in [2.24, 2.45) is 0 Å². The zero-order valence-corrected chi connectivity index (χ0v) is 16.0. The van der Waals surface area contributed by atoms with Gasteiger partial charge in [-0.2, -0.15) is 0 Å². The molecule has 0 aliphatic carbocycles. The van der Waals surface area contributed by atoms with E-state index in [-0.39, 0.29) is 11.8 Å². The Kier molecular flexibility index (Phi) is 4.42. The number of rotatable bonds is 3. The maximum Gasteiger partial charge on any atom is 0.242 e. The van der Waals surface area contributed by atoms with E-state index in [0.717, 1.165) is 28.0 Å². The largest absolute Gasteiger partial charge is 0.457 e. The summed E-state index contributed by atoms with van der Waals surface area (Å²) in [4.78, 5) is 0. The Balaban J connectivity index is 1.80. The molecule has 0 bridgehead atoms. The number of hydrogen-bond acceptors (Lipinski definition) is 2. The molecule has 0 fully saturated rings. The molecule has 1 aliphatic heterocycles. The molecule has 0 saturated carbocycles. The lowest BCUT2D eigenvalue weighted by atomic mass is 9.69. The first kappa shape index (κ1) is 17.7. The predicted octanol–water partition coefficient (Wildman–Crippen LogP) is 5.84. The van der Waals surface area contributed by atoms with Crippen molar-refractivity contribution in [3.63, 3.8) is 0 Å². The molecule has 1 N–H and O–H groups in total. The summed E-state index contributed by atoms with van der Waals surface area (Å²) in [6.45, 7) is 0. The first-order valence-electron chi connectivity index (χ1n) is 9.93. The molecule has 2 nitrogen and oxygen atoms in total. The van der Waals surface area contributed by atoms with Gasteiger partial charge in [0.2, 0.25) is 5.79 Å². The van der Waals surface area contributed by atoms with Gasteiger partial charge in [-0.15, -0.1) is 0 Å². The second-order valence-corrected chi connectivity index (χ2v) is 7.48. The predicted molar refractivity (Wildman–Crippen MR) is 115 cm³/mol.